The highest BCUT2D eigenvalue weighted by atomic mass is 16.2. The predicted molar refractivity (Wildman–Crippen MR) is 69.9 cm³/mol. The van der Waals surface area contributed by atoms with Crippen LogP contribution in [0.2, 0.25) is 0 Å². The zero-order chi connectivity index (χ0) is 13.3. The molecule has 1 heterocycles. The third-order valence-electron chi connectivity index (χ3n) is 4.29. The van der Waals surface area contributed by atoms with Crippen molar-refractivity contribution in [3.05, 3.63) is 12.7 Å². The quantitative estimate of drug-likeness (QED) is 0.757. The minimum atomic E-state index is -0.640. The number of amides is 2. The molecular formula is C14H22N2O2. The van der Waals surface area contributed by atoms with Crippen molar-refractivity contribution in [3.63, 3.8) is 0 Å². The number of rotatable bonds is 2. The first-order valence-electron chi connectivity index (χ1n) is 6.79. The zero-order valence-electron chi connectivity index (χ0n) is 11.2. The van der Waals surface area contributed by atoms with Crippen molar-refractivity contribution in [2.45, 2.75) is 63.6 Å². The van der Waals surface area contributed by atoms with Gasteiger partial charge in [-0.25, -0.2) is 0 Å². The Labute approximate surface area is 108 Å². The number of nitrogens with one attached hydrogen (secondary N) is 1. The molecule has 1 aliphatic carbocycles. The molecule has 1 saturated carbocycles. The molecule has 4 nitrogen and oxygen atoms in total. The van der Waals surface area contributed by atoms with E-state index in [1.54, 1.807) is 17.9 Å². The lowest BCUT2D eigenvalue weighted by molar-refractivity contribution is -0.157. The van der Waals surface area contributed by atoms with Gasteiger partial charge in [0.15, 0.2) is 0 Å². The van der Waals surface area contributed by atoms with Gasteiger partial charge in [0.1, 0.15) is 11.6 Å². The van der Waals surface area contributed by atoms with E-state index in [0.29, 0.717) is 0 Å². The highest BCUT2D eigenvalue weighted by Gasteiger charge is 2.50. The monoisotopic (exact) mass is 250 g/mol. The second kappa shape index (κ2) is 4.75. The number of carbonyl (C=O) groups is 2. The molecule has 2 atom stereocenters. The van der Waals surface area contributed by atoms with Crippen LogP contribution < -0.4 is 5.32 Å². The number of nitrogens with zero attached hydrogens (tertiary/aromatic N) is 1. The van der Waals surface area contributed by atoms with Crippen LogP contribution in [-0.4, -0.2) is 34.3 Å². The van der Waals surface area contributed by atoms with Gasteiger partial charge in [0.05, 0.1) is 0 Å². The summed E-state index contributed by atoms with van der Waals surface area (Å²) in [5.41, 5.74) is -0.640. The van der Waals surface area contributed by atoms with E-state index in [1.807, 2.05) is 6.92 Å². The van der Waals surface area contributed by atoms with Gasteiger partial charge in [-0.3, -0.25) is 9.59 Å². The lowest BCUT2D eigenvalue weighted by Crippen LogP contribution is -2.71. The predicted octanol–water partition coefficient (Wildman–Crippen LogP) is 1.61. The molecule has 2 rings (SSSR count). The summed E-state index contributed by atoms with van der Waals surface area (Å²) >= 11 is 0. The van der Waals surface area contributed by atoms with E-state index >= 15 is 0 Å². The van der Waals surface area contributed by atoms with Crippen molar-refractivity contribution in [2.24, 2.45) is 0 Å². The molecule has 0 aromatic carbocycles. The Bertz CT molecular complexity index is 372. The summed E-state index contributed by atoms with van der Waals surface area (Å²) in [7, 11) is 0. The summed E-state index contributed by atoms with van der Waals surface area (Å²) in [4.78, 5) is 26.5. The molecule has 1 saturated heterocycles. The van der Waals surface area contributed by atoms with Gasteiger partial charge in [-0.2, -0.15) is 0 Å². The smallest absolute Gasteiger partial charge is 0.249 e. The lowest BCUT2D eigenvalue weighted by Gasteiger charge is -2.48. The molecule has 100 valence electrons. The molecule has 1 spiro atoms. The Morgan fingerprint density at radius 3 is 2.56 bits per heavy atom. The van der Waals surface area contributed by atoms with Crippen molar-refractivity contribution >= 4 is 11.8 Å². The molecule has 0 radical (unpaired) electrons. The van der Waals surface area contributed by atoms with Gasteiger partial charge in [0, 0.05) is 6.04 Å². The van der Waals surface area contributed by atoms with E-state index in [0.717, 1.165) is 32.1 Å². The van der Waals surface area contributed by atoms with Crippen LogP contribution in [0.3, 0.4) is 0 Å². The molecule has 0 aromatic heterocycles. The van der Waals surface area contributed by atoms with Crippen LogP contribution in [0.1, 0.15) is 46.0 Å². The Morgan fingerprint density at radius 1 is 1.39 bits per heavy atom. The van der Waals surface area contributed by atoms with E-state index in [-0.39, 0.29) is 17.9 Å². The summed E-state index contributed by atoms with van der Waals surface area (Å²) in [6.45, 7) is 7.43. The van der Waals surface area contributed by atoms with Crippen molar-refractivity contribution in [2.75, 3.05) is 0 Å². The fourth-order valence-corrected chi connectivity index (χ4v) is 3.09. The first-order valence-corrected chi connectivity index (χ1v) is 6.79. The van der Waals surface area contributed by atoms with Crippen LogP contribution >= 0.6 is 0 Å². The molecule has 0 bridgehead atoms. The van der Waals surface area contributed by atoms with E-state index in [2.05, 4.69) is 11.9 Å². The topological polar surface area (TPSA) is 49.4 Å². The Balaban J connectivity index is 2.32. The standard InChI is InChI=1S/C14H22N2O2/c1-4-10(2)16-11(3)12(17)15-14(13(16)18)8-6-5-7-9-14/h4,10-11H,1,5-9H2,2-3H3,(H,15,17). The van der Waals surface area contributed by atoms with Crippen LogP contribution in [0.15, 0.2) is 12.7 Å². The van der Waals surface area contributed by atoms with Gasteiger partial charge < -0.3 is 10.2 Å². The van der Waals surface area contributed by atoms with Crippen LogP contribution in [0, 0.1) is 0 Å². The van der Waals surface area contributed by atoms with Gasteiger partial charge in [0.2, 0.25) is 11.8 Å². The molecule has 0 aromatic rings. The first-order chi connectivity index (χ1) is 8.52. The molecule has 2 fully saturated rings. The largest absolute Gasteiger partial charge is 0.340 e. The summed E-state index contributed by atoms with van der Waals surface area (Å²) in [5.74, 6) is 0.0342. The second-order valence-corrected chi connectivity index (χ2v) is 5.50. The summed E-state index contributed by atoms with van der Waals surface area (Å²) in [6.07, 6.45) is 6.43. The third kappa shape index (κ3) is 1.93. The SMILES string of the molecule is C=CC(C)N1C(=O)C2(CCCCC2)NC(=O)C1C. The normalized spacial score (nSPS) is 29.0. The maximum Gasteiger partial charge on any atom is 0.249 e. The lowest BCUT2D eigenvalue weighted by atomic mass is 9.78. The Kier molecular flexibility index (Phi) is 3.46. The molecular weight excluding hydrogens is 228 g/mol. The van der Waals surface area contributed by atoms with Crippen LogP contribution in [-0.2, 0) is 9.59 Å². The molecule has 1 aliphatic heterocycles. The Morgan fingerprint density at radius 2 is 2.00 bits per heavy atom. The van der Waals surface area contributed by atoms with Crippen molar-refractivity contribution in [3.8, 4) is 0 Å². The van der Waals surface area contributed by atoms with Crippen LogP contribution in [0.25, 0.3) is 0 Å². The third-order valence-corrected chi connectivity index (χ3v) is 4.29. The summed E-state index contributed by atoms with van der Waals surface area (Å²) in [6, 6.07) is -0.504. The molecule has 2 aliphatic rings. The van der Waals surface area contributed by atoms with Gasteiger partial charge in [0.25, 0.3) is 0 Å². The van der Waals surface area contributed by atoms with Crippen molar-refractivity contribution in [1.82, 2.24) is 10.2 Å². The average Bonchev–Trinajstić information content (AvgIpc) is 2.38. The van der Waals surface area contributed by atoms with Crippen molar-refractivity contribution < 1.29 is 9.59 Å². The number of hydrogen-bond acceptors (Lipinski definition) is 2. The highest BCUT2D eigenvalue weighted by molar-refractivity contribution is 6.00. The second-order valence-electron chi connectivity index (χ2n) is 5.50. The number of piperazine rings is 1. The van der Waals surface area contributed by atoms with Crippen LogP contribution in [0.5, 0.6) is 0 Å². The highest BCUT2D eigenvalue weighted by Crippen LogP contribution is 2.34. The fourth-order valence-electron chi connectivity index (χ4n) is 3.09. The van der Waals surface area contributed by atoms with E-state index < -0.39 is 11.6 Å². The van der Waals surface area contributed by atoms with Gasteiger partial charge in [-0.15, -0.1) is 6.58 Å². The maximum absolute atomic E-state index is 12.7. The van der Waals surface area contributed by atoms with Gasteiger partial charge >= 0.3 is 0 Å². The van der Waals surface area contributed by atoms with Crippen molar-refractivity contribution in [1.29, 1.82) is 0 Å². The summed E-state index contributed by atoms with van der Waals surface area (Å²) in [5, 5.41) is 2.98. The summed E-state index contributed by atoms with van der Waals surface area (Å²) < 4.78 is 0. The van der Waals surface area contributed by atoms with Crippen LogP contribution in [0.4, 0.5) is 0 Å². The molecule has 2 unspecified atom stereocenters. The van der Waals surface area contributed by atoms with E-state index in [4.69, 9.17) is 0 Å². The number of carbonyl (C=O) groups excluding carboxylic acids is 2. The minimum Gasteiger partial charge on any atom is -0.340 e. The molecule has 1 N–H and O–H groups in total. The minimum absolute atomic E-state index is 0.0369. The van der Waals surface area contributed by atoms with E-state index in [1.165, 1.54) is 0 Å². The Hall–Kier alpha value is -1.32. The fraction of sp³-hybridized carbons (Fsp3) is 0.714. The van der Waals surface area contributed by atoms with E-state index in [9.17, 15) is 9.59 Å². The maximum atomic E-state index is 12.7. The average molecular weight is 250 g/mol. The zero-order valence-corrected chi connectivity index (χ0v) is 11.2. The first kappa shape index (κ1) is 13.1. The number of hydrogen-bond donors (Lipinski definition) is 1. The molecule has 4 heteroatoms. The molecule has 18 heavy (non-hydrogen) atoms. The van der Waals surface area contributed by atoms with Gasteiger partial charge in [-0.1, -0.05) is 25.3 Å². The van der Waals surface area contributed by atoms with Gasteiger partial charge in [-0.05, 0) is 26.7 Å². The molecule has 2 amide bonds.